The molecule has 0 spiro atoms. The van der Waals surface area contributed by atoms with Gasteiger partial charge < -0.3 is 5.32 Å². The van der Waals surface area contributed by atoms with E-state index in [0.717, 1.165) is 20.8 Å². The molecule has 0 fully saturated rings. The summed E-state index contributed by atoms with van der Waals surface area (Å²) in [7, 11) is -0.628. The Balaban J connectivity index is 2.13. The van der Waals surface area contributed by atoms with Gasteiger partial charge in [0.25, 0.3) is 0 Å². The Morgan fingerprint density at radius 3 is 2.43 bits per heavy atom. The zero-order valence-corrected chi connectivity index (χ0v) is 18.6. The minimum atomic E-state index is -3.56. The number of aromatic nitrogens is 2. The van der Waals surface area contributed by atoms with Gasteiger partial charge in [0.2, 0.25) is 15.9 Å². The number of amides is 1. The van der Waals surface area contributed by atoms with Crippen LogP contribution in [0.4, 0.5) is 5.69 Å². The molecule has 1 heterocycles. The molecular formula is C19H26N4O3S2. The Morgan fingerprint density at radius 1 is 1.14 bits per heavy atom. The highest BCUT2D eigenvalue weighted by atomic mass is 32.2. The van der Waals surface area contributed by atoms with E-state index in [1.54, 1.807) is 19.1 Å². The van der Waals surface area contributed by atoms with Crippen molar-refractivity contribution in [1.82, 2.24) is 14.3 Å². The van der Waals surface area contributed by atoms with Gasteiger partial charge >= 0.3 is 0 Å². The molecule has 1 aromatic carbocycles. The van der Waals surface area contributed by atoms with Crippen molar-refractivity contribution in [3.8, 4) is 0 Å². The van der Waals surface area contributed by atoms with Crippen LogP contribution in [0.1, 0.15) is 38.2 Å². The summed E-state index contributed by atoms with van der Waals surface area (Å²) in [4.78, 5) is 21.6. The fourth-order valence-corrected chi connectivity index (χ4v) is 4.17. The molecule has 9 heteroatoms. The monoisotopic (exact) mass is 422 g/mol. The van der Waals surface area contributed by atoms with Crippen molar-refractivity contribution in [3.63, 3.8) is 0 Å². The molecule has 2 rings (SSSR count). The maximum Gasteiger partial charge on any atom is 0.242 e. The van der Waals surface area contributed by atoms with Crippen LogP contribution in [-0.2, 0) is 14.8 Å². The second kappa shape index (κ2) is 9.02. The van der Waals surface area contributed by atoms with E-state index in [-0.39, 0.29) is 16.7 Å². The first-order chi connectivity index (χ1) is 13.0. The molecule has 0 bridgehead atoms. The van der Waals surface area contributed by atoms with Gasteiger partial charge in [0.15, 0.2) is 0 Å². The Kier molecular flexibility index (Phi) is 7.19. The average Bonchev–Trinajstić information content (AvgIpc) is 2.61. The maximum absolute atomic E-state index is 12.6. The molecule has 2 aromatic rings. The van der Waals surface area contributed by atoms with E-state index in [4.69, 9.17) is 0 Å². The Labute approximate surface area is 171 Å². The number of carbonyl (C=O) groups is 1. The smallest absolute Gasteiger partial charge is 0.242 e. The van der Waals surface area contributed by atoms with Crippen LogP contribution >= 0.6 is 11.8 Å². The molecule has 152 valence electrons. The molecule has 0 aliphatic carbocycles. The summed E-state index contributed by atoms with van der Waals surface area (Å²) in [5, 5.41) is 3.10. The number of hydrogen-bond donors (Lipinski definition) is 1. The number of sulfonamides is 1. The SMILES string of the molecule is Cc1cc(SC(C)C(=O)Nc2cccc(S(=O)(=O)N(C)C)c2)nc(C(C)C)n1. The lowest BCUT2D eigenvalue weighted by molar-refractivity contribution is -0.115. The third-order valence-corrected chi connectivity index (χ3v) is 6.74. The first-order valence-corrected chi connectivity index (χ1v) is 11.2. The fraction of sp³-hybridized carbons (Fsp3) is 0.421. The summed E-state index contributed by atoms with van der Waals surface area (Å²) in [6.07, 6.45) is 0. The van der Waals surface area contributed by atoms with Gasteiger partial charge in [-0.25, -0.2) is 22.7 Å². The van der Waals surface area contributed by atoms with Gasteiger partial charge in [0, 0.05) is 31.4 Å². The summed E-state index contributed by atoms with van der Waals surface area (Å²) in [5.74, 6) is 0.716. The molecule has 1 N–H and O–H groups in total. The van der Waals surface area contributed by atoms with E-state index < -0.39 is 15.3 Å². The second-order valence-electron chi connectivity index (χ2n) is 6.93. The van der Waals surface area contributed by atoms with Crippen LogP contribution in [0.2, 0.25) is 0 Å². The molecule has 0 radical (unpaired) electrons. The van der Waals surface area contributed by atoms with Gasteiger partial charge in [-0.15, -0.1) is 0 Å². The van der Waals surface area contributed by atoms with Crippen molar-refractivity contribution in [2.45, 2.75) is 48.8 Å². The number of hydrogen-bond acceptors (Lipinski definition) is 6. The number of carbonyl (C=O) groups excluding carboxylic acids is 1. The topological polar surface area (TPSA) is 92.3 Å². The van der Waals surface area contributed by atoms with Crippen molar-refractivity contribution >= 4 is 33.4 Å². The minimum Gasteiger partial charge on any atom is -0.325 e. The number of benzene rings is 1. The lowest BCUT2D eigenvalue weighted by atomic mass is 10.2. The van der Waals surface area contributed by atoms with Gasteiger partial charge in [-0.1, -0.05) is 31.7 Å². The molecule has 1 atom stereocenters. The third kappa shape index (κ3) is 5.52. The van der Waals surface area contributed by atoms with E-state index in [9.17, 15) is 13.2 Å². The quantitative estimate of drug-likeness (QED) is 0.544. The highest BCUT2D eigenvalue weighted by molar-refractivity contribution is 8.00. The standard InChI is InChI=1S/C19H26N4O3S2/c1-12(2)18-20-13(3)10-17(22-18)27-14(4)19(24)21-15-8-7-9-16(11-15)28(25,26)23(5)6/h7-12,14H,1-6H3,(H,21,24). The molecule has 7 nitrogen and oxygen atoms in total. The van der Waals surface area contributed by atoms with Crippen molar-refractivity contribution in [3.05, 3.63) is 41.9 Å². The lowest BCUT2D eigenvalue weighted by Gasteiger charge is -2.15. The predicted octanol–water partition coefficient (Wildman–Crippen LogP) is 3.28. The number of rotatable bonds is 7. The molecular weight excluding hydrogens is 396 g/mol. The largest absolute Gasteiger partial charge is 0.325 e. The van der Waals surface area contributed by atoms with Gasteiger partial charge in [0.1, 0.15) is 10.9 Å². The zero-order valence-electron chi connectivity index (χ0n) is 16.9. The number of nitrogens with zero attached hydrogens (tertiary/aromatic N) is 3. The van der Waals surface area contributed by atoms with Crippen molar-refractivity contribution in [1.29, 1.82) is 0 Å². The van der Waals surface area contributed by atoms with E-state index in [1.807, 2.05) is 26.8 Å². The third-order valence-electron chi connectivity index (χ3n) is 3.91. The molecule has 0 saturated carbocycles. The second-order valence-corrected chi connectivity index (χ2v) is 10.4. The molecule has 28 heavy (non-hydrogen) atoms. The summed E-state index contributed by atoms with van der Waals surface area (Å²) in [6, 6.07) is 8.07. The first kappa shape index (κ1) is 22.3. The van der Waals surface area contributed by atoms with Gasteiger partial charge in [0.05, 0.1) is 10.1 Å². The zero-order chi connectivity index (χ0) is 21.1. The van der Waals surface area contributed by atoms with Gasteiger partial charge in [-0.3, -0.25) is 4.79 Å². The predicted molar refractivity (Wildman–Crippen MR) is 112 cm³/mol. The highest BCUT2D eigenvalue weighted by Gasteiger charge is 2.20. The van der Waals surface area contributed by atoms with Crippen LogP contribution in [0.15, 0.2) is 40.3 Å². The molecule has 0 aliphatic rings. The van der Waals surface area contributed by atoms with E-state index in [0.29, 0.717) is 5.69 Å². The van der Waals surface area contributed by atoms with Gasteiger partial charge in [-0.2, -0.15) is 0 Å². The van der Waals surface area contributed by atoms with Crippen LogP contribution in [-0.4, -0.2) is 47.9 Å². The first-order valence-electron chi connectivity index (χ1n) is 8.86. The minimum absolute atomic E-state index is 0.128. The molecule has 0 saturated heterocycles. The van der Waals surface area contributed by atoms with E-state index in [1.165, 1.54) is 38.0 Å². The van der Waals surface area contributed by atoms with Crippen molar-refractivity contribution in [2.75, 3.05) is 19.4 Å². The number of nitrogens with one attached hydrogen (secondary N) is 1. The normalized spacial score (nSPS) is 13.0. The van der Waals surface area contributed by atoms with Crippen molar-refractivity contribution < 1.29 is 13.2 Å². The Hall–Kier alpha value is -1.97. The van der Waals surface area contributed by atoms with E-state index >= 15 is 0 Å². The van der Waals surface area contributed by atoms with Crippen LogP contribution in [0.5, 0.6) is 0 Å². The van der Waals surface area contributed by atoms with Crippen LogP contribution < -0.4 is 5.32 Å². The maximum atomic E-state index is 12.6. The molecule has 1 amide bonds. The molecule has 0 aliphatic heterocycles. The Morgan fingerprint density at radius 2 is 1.82 bits per heavy atom. The number of thioether (sulfide) groups is 1. The molecule has 1 unspecified atom stereocenters. The van der Waals surface area contributed by atoms with E-state index in [2.05, 4.69) is 15.3 Å². The Bertz CT molecular complexity index is 959. The summed E-state index contributed by atoms with van der Waals surface area (Å²) in [6.45, 7) is 7.73. The van der Waals surface area contributed by atoms with Gasteiger partial charge in [-0.05, 0) is 38.1 Å². The van der Waals surface area contributed by atoms with Crippen LogP contribution in [0, 0.1) is 6.92 Å². The fourth-order valence-electron chi connectivity index (χ4n) is 2.30. The molecule has 1 aromatic heterocycles. The van der Waals surface area contributed by atoms with Crippen molar-refractivity contribution in [2.24, 2.45) is 0 Å². The van der Waals surface area contributed by atoms with Crippen LogP contribution in [0.25, 0.3) is 0 Å². The lowest BCUT2D eigenvalue weighted by Crippen LogP contribution is -2.24. The number of anilines is 1. The summed E-state index contributed by atoms with van der Waals surface area (Å²) < 4.78 is 25.7. The summed E-state index contributed by atoms with van der Waals surface area (Å²) >= 11 is 1.34. The summed E-state index contributed by atoms with van der Waals surface area (Å²) in [5.41, 5.74) is 1.29. The number of aryl methyl sites for hydroxylation is 1. The highest BCUT2D eigenvalue weighted by Crippen LogP contribution is 2.25. The average molecular weight is 423 g/mol. The van der Waals surface area contributed by atoms with Crippen LogP contribution in [0.3, 0.4) is 0 Å².